The van der Waals surface area contributed by atoms with Crippen LogP contribution in [0.1, 0.15) is 28.9 Å². The van der Waals surface area contributed by atoms with Gasteiger partial charge in [-0.2, -0.15) is 4.31 Å². The molecule has 1 aromatic heterocycles. The van der Waals surface area contributed by atoms with Gasteiger partial charge in [0.25, 0.3) is 0 Å². The van der Waals surface area contributed by atoms with Gasteiger partial charge >= 0.3 is 5.97 Å². The number of carboxylic acid groups (broad SMARTS) is 1. The van der Waals surface area contributed by atoms with Crippen LogP contribution in [0.15, 0.2) is 35.4 Å². The zero-order chi connectivity index (χ0) is 18.4. The van der Waals surface area contributed by atoms with Gasteiger partial charge in [0.2, 0.25) is 10.0 Å². The Bertz CT molecular complexity index is 936. The Morgan fingerprint density at radius 2 is 2.00 bits per heavy atom. The molecule has 9 heteroatoms. The molecule has 2 aromatic rings. The van der Waals surface area contributed by atoms with Crippen LogP contribution in [-0.2, 0) is 23.6 Å². The molecule has 25 heavy (non-hydrogen) atoms. The number of aromatic nitrogens is 1. The number of carboxylic acids is 1. The molecule has 1 N–H and O–H groups in total. The number of nitrogens with zero attached hydrogens (tertiary/aromatic N) is 2. The van der Waals surface area contributed by atoms with E-state index in [0.717, 1.165) is 16.4 Å². The first-order chi connectivity index (χ1) is 11.7. The Balaban J connectivity index is 1.97. The first-order valence-electron chi connectivity index (χ1n) is 7.55. The lowest BCUT2D eigenvalue weighted by molar-refractivity contribution is 0.0686. The van der Waals surface area contributed by atoms with E-state index in [9.17, 15) is 22.0 Å². The normalized spacial score (nSPS) is 14.9. The third-order valence-corrected chi connectivity index (χ3v) is 5.96. The Hall–Kier alpha value is -2.26. The molecule has 0 radical (unpaired) electrons. The lowest BCUT2D eigenvalue weighted by Crippen LogP contribution is -2.32. The number of hydrogen-bond donors (Lipinski definition) is 1. The van der Waals surface area contributed by atoms with Crippen molar-refractivity contribution in [2.75, 3.05) is 0 Å². The molecule has 1 heterocycles. The number of aromatic carboxylic acids is 1. The smallest absolute Gasteiger partial charge is 0.352 e. The van der Waals surface area contributed by atoms with Gasteiger partial charge in [-0.05, 0) is 25.0 Å². The minimum Gasteiger partial charge on any atom is -0.477 e. The Kier molecular flexibility index (Phi) is 4.38. The maximum Gasteiger partial charge on any atom is 0.352 e. The molecular weight excluding hydrogens is 354 g/mol. The number of carbonyl (C=O) groups is 1. The summed E-state index contributed by atoms with van der Waals surface area (Å²) in [6.07, 6.45) is 2.50. The quantitative estimate of drug-likeness (QED) is 0.847. The van der Waals surface area contributed by atoms with Gasteiger partial charge in [0.1, 0.15) is 22.2 Å². The molecule has 0 unspecified atom stereocenters. The molecule has 0 saturated heterocycles. The maximum atomic E-state index is 13.9. The van der Waals surface area contributed by atoms with Crippen molar-refractivity contribution in [1.82, 2.24) is 8.87 Å². The van der Waals surface area contributed by atoms with Crippen molar-refractivity contribution in [3.05, 3.63) is 53.4 Å². The molecule has 0 aliphatic heterocycles. The van der Waals surface area contributed by atoms with E-state index in [4.69, 9.17) is 5.11 Å². The Morgan fingerprint density at radius 3 is 2.52 bits per heavy atom. The molecule has 3 rings (SSSR count). The fourth-order valence-electron chi connectivity index (χ4n) is 2.61. The number of sulfonamides is 1. The highest BCUT2D eigenvalue weighted by Gasteiger charge is 2.39. The highest BCUT2D eigenvalue weighted by molar-refractivity contribution is 7.89. The minimum absolute atomic E-state index is 0.0614. The van der Waals surface area contributed by atoms with E-state index in [-0.39, 0.29) is 28.7 Å². The lowest BCUT2D eigenvalue weighted by atomic mass is 10.2. The highest BCUT2D eigenvalue weighted by Crippen LogP contribution is 2.34. The van der Waals surface area contributed by atoms with E-state index in [0.29, 0.717) is 18.9 Å². The third kappa shape index (κ3) is 3.42. The second-order valence-electron chi connectivity index (χ2n) is 5.99. The molecule has 134 valence electrons. The van der Waals surface area contributed by atoms with Gasteiger partial charge in [0.15, 0.2) is 0 Å². The Morgan fingerprint density at radius 1 is 1.32 bits per heavy atom. The van der Waals surface area contributed by atoms with Gasteiger partial charge in [-0.3, -0.25) is 0 Å². The summed E-state index contributed by atoms with van der Waals surface area (Å²) in [5.74, 6) is -2.80. The van der Waals surface area contributed by atoms with Crippen LogP contribution in [0.25, 0.3) is 0 Å². The van der Waals surface area contributed by atoms with Crippen molar-refractivity contribution >= 4 is 16.0 Å². The van der Waals surface area contributed by atoms with Crippen molar-refractivity contribution in [2.45, 2.75) is 30.3 Å². The molecule has 1 saturated carbocycles. The van der Waals surface area contributed by atoms with Gasteiger partial charge in [0, 0.05) is 37.5 Å². The van der Waals surface area contributed by atoms with E-state index in [1.165, 1.54) is 23.9 Å². The van der Waals surface area contributed by atoms with Gasteiger partial charge in [-0.25, -0.2) is 22.0 Å². The summed E-state index contributed by atoms with van der Waals surface area (Å²) in [6, 6.07) is 3.79. The van der Waals surface area contributed by atoms with E-state index in [2.05, 4.69) is 0 Å². The number of hydrogen-bond acceptors (Lipinski definition) is 3. The minimum atomic E-state index is -4.01. The topological polar surface area (TPSA) is 79.6 Å². The maximum absolute atomic E-state index is 13.9. The van der Waals surface area contributed by atoms with Crippen molar-refractivity contribution in [2.24, 2.45) is 7.05 Å². The summed E-state index contributed by atoms with van der Waals surface area (Å²) in [5, 5.41) is 9.09. The van der Waals surface area contributed by atoms with Crippen LogP contribution in [0.2, 0.25) is 0 Å². The Labute approximate surface area is 143 Å². The van der Waals surface area contributed by atoms with E-state index in [1.807, 2.05) is 0 Å². The van der Waals surface area contributed by atoms with Crippen molar-refractivity contribution in [1.29, 1.82) is 0 Å². The van der Waals surface area contributed by atoms with Gasteiger partial charge < -0.3 is 9.67 Å². The van der Waals surface area contributed by atoms with Gasteiger partial charge in [-0.15, -0.1) is 0 Å². The molecular formula is C16H16F2N2O4S. The summed E-state index contributed by atoms with van der Waals surface area (Å²) in [7, 11) is -2.58. The molecule has 0 atom stereocenters. The average Bonchev–Trinajstić information content (AvgIpc) is 3.26. The van der Waals surface area contributed by atoms with E-state index >= 15 is 0 Å². The molecule has 0 spiro atoms. The zero-order valence-electron chi connectivity index (χ0n) is 13.3. The van der Waals surface area contributed by atoms with Crippen LogP contribution in [0, 0.1) is 11.6 Å². The fraction of sp³-hybridized carbons (Fsp3) is 0.312. The predicted molar refractivity (Wildman–Crippen MR) is 84.5 cm³/mol. The van der Waals surface area contributed by atoms with Crippen LogP contribution < -0.4 is 0 Å². The van der Waals surface area contributed by atoms with E-state index < -0.39 is 27.6 Å². The third-order valence-electron chi connectivity index (χ3n) is 4.10. The first-order valence-corrected chi connectivity index (χ1v) is 8.99. The number of benzene rings is 1. The summed E-state index contributed by atoms with van der Waals surface area (Å²) in [5.41, 5.74) is -0.103. The zero-order valence-corrected chi connectivity index (χ0v) is 14.1. The standard InChI is InChI=1S/C16H16F2N2O4S/c1-19-9-13(7-15(19)16(21)22)25(23,24)20(12-4-5-12)8-10-2-3-11(17)6-14(10)18/h2-3,6-7,9,12H,4-5,8H2,1H3,(H,21,22). The lowest BCUT2D eigenvalue weighted by Gasteiger charge is -2.21. The molecule has 1 fully saturated rings. The molecule has 1 aliphatic rings. The summed E-state index contributed by atoms with van der Waals surface area (Å²) in [6.45, 7) is -0.240. The van der Waals surface area contributed by atoms with Crippen molar-refractivity contribution in [3.63, 3.8) is 0 Å². The SMILES string of the molecule is Cn1cc(S(=O)(=O)N(Cc2ccc(F)cc2F)C2CC2)cc1C(=O)O. The van der Waals surface area contributed by atoms with Gasteiger partial charge in [0.05, 0.1) is 0 Å². The van der Waals surface area contributed by atoms with E-state index in [1.54, 1.807) is 0 Å². The molecule has 0 bridgehead atoms. The predicted octanol–water partition coefficient (Wildman–Crippen LogP) is 2.35. The van der Waals surface area contributed by atoms with Crippen molar-refractivity contribution in [3.8, 4) is 0 Å². The first kappa shape index (κ1) is 17.6. The number of halogens is 2. The second kappa shape index (κ2) is 6.23. The van der Waals surface area contributed by atoms with Gasteiger partial charge in [-0.1, -0.05) is 6.07 Å². The van der Waals surface area contributed by atoms with Crippen LogP contribution >= 0.6 is 0 Å². The summed E-state index contributed by atoms with van der Waals surface area (Å²) >= 11 is 0. The van der Waals surface area contributed by atoms with Crippen LogP contribution in [-0.4, -0.2) is 34.4 Å². The van der Waals surface area contributed by atoms with Crippen molar-refractivity contribution < 1.29 is 27.1 Å². The van der Waals surface area contributed by atoms with Crippen LogP contribution in [0.5, 0.6) is 0 Å². The van der Waals surface area contributed by atoms with Crippen LogP contribution in [0.3, 0.4) is 0 Å². The molecule has 1 aliphatic carbocycles. The van der Waals surface area contributed by atoms with Crippen LogP contribution in [0.4, 0.5) is 8.78 Å². The second-order valence-corrected chi connectivity index (χ2v) is 7.88. The fourth-order valence-corrected chi connectivity index (χ4v) is 4.35. The monoisotopic (exact) mass is 370 g/mol. The summed E-state index contributed by atoms with van der Waals surface area (Å²) in [4.78, 5) is 11.0. The summed E-state index contributed by atoms with van der Waals surface area (Å²) < 4.78 is 55.1. The largest absolute Gasteiger partial charge is 0.477 e. The average molecular weight is 370 g/mol. The number of aryl methyl sites for hydroxylation is 1. The molecule has 6 nitrogen and oxygen atoms in total. The molecule has 0 amide bonds. The molecule has 1 aromatic carbocycles. The number of rotatable bonds is 6. The highest BCUT2D eigenvalue weighted by atomic mass is 32.2.